The highest BCUT2D eigenvalue weighted by Crippen LogP contribution is 2.63. The Morgan fingerprint density at radius 3 is 2.13 bits per heavy atom. The van der Waals surface area contributed by atoms with E-state index in [2.05, 4.69) is 0 Å². The molecule has 154 valence electrons. The van der Waals surface area contributed by atoms with E-state index in [0.717, 1.165) is 9.77 Å². The Morgan fingerprint density at radius 2 is 1.48 bits per heavy atom. The van der Waals surface area contributed by atoms with Gasteiger partial charge in [-0.1, -0.05) is 48.5 Å². The van der Waals surface area contributed by atoms with Gasteiger partial charge in [-0.25, -0.2) is 0 Å². The fraction of sp³-hybridized carbons (Fsp3) is 0.240. The second kappa shape index (κ2) is 6.48. The minimum atomic E-state index is -1.51. The van der Waals surface area contributed by atoms with Crippen molar-refractivity contribution < 1.29 is 14.4 Å². The zero-order valence-corrected chi connectivity index (χ0v) is 18.5. The first-order valence-corrected chi connectivity index (χ1v) is 12.1. The summed E-state index contributed by atoms with van der Waals surface area (Å²) in [4.78, 5) is 46.3. The highest BCUT2D eigenvalue weighted by molar-refractivity contribution is 7.99. The van der Waals surface area contributed by atoms with Gasteiger partial charge in [0.15, 0.2) is 22.9 Å². The third kappa shape index (κ3) is 2.13. The Bertz CT molecular complexity index is 1230. The van der Waals surface area contributed by atoms with Crippen LogP contribution in [0.3, 0.4) is 0 Å². The lowest BCUT2D eigenvalue weighted by molar-refractivity contribution is 0.0362. The highest BCUT2D eigenvalue weighted by Gasteiger charge is 2.76. The normalized spacial score (nSPS) is 26.6. The minimum Gasteiger partial charge on any atom is -0.293 e. The van der Waals surface area contributed by atoms with E-state index < -0.39 is 11.0 Å². The second-order valence-corrected chi connectivity index (χ2v) is 10.4. The summed E-state index contributed by atoms with van der Waals surface area (Å²) >= 11 is 3.18. The van der Waals surface area contributed by atoms with Crippen molar-refractivity contribution in [1.29, 1.82) is 0 Å². The molecule has 6 rings (SSSR count). The molecule has 3 aromatic rings. The number of rotatable bonds is 1. The van der Waals surface area contributed by atoms with E-state index in [0.29, 0.717) is 29.0 Å². The predicted molar refractivity (Wildman–Crippen MR) is 121 cm³/mol. The summed E-state index contributed by atoms with van der Waals surface area (Å²) in [6, 6.07) is 18.6. The number of Topliss-reactive ketones (excluding diaryl/α,β-unsaturated/α-hetero) is 3. The fourth-order valence-electron chi connectivity index (χ4n) is 5.91. The molecule has 31 heavy (non-hydrogen) atoms. The quantitative estimate of drug-likeness (QED) is 0.514. The van der Waals surface area contributed by atoms with Crippen LogP contribution in [0.4, 0.5) is 0 Å². The van der Waals surface area contributed by atoms with Crippen LogP contribution in [-0.4, -0.2) is 47.1 Å². The van der Waals surface area contributed by atoms with Crippen molar-refractivity contribution in [2.24, 2.45) is 5.41 Å². The van der Waals surface area contributed by atoms with Crippen molar-refractivity contribution in [2.45, 2.75) is 16.4 Å². The van der Waals surface area contributed by atoms with Crippen molar-refractivity contribution in [3.8, 4) is 0 Å². The van der Waals surface area contributed by atoms with Crippen LogP contribution < -0.4 is 0 Å². The van der Waals surface area contributed by atoms with Crippen LogP contribution in [0.1, 0.15) is 41.9 Å². The standard InChI is InChI=1S/C25H19NO3S2/c1-26-13-18(20-11-6-12-30-20)24(14-31-19-10-5-4-9-17(19)21(24)27)25(26)22(28)15-7-2-3-8-16(15)23(25)29/h2-12,18H,13-14H2,1H3/t18-,24+/m0/s1. The highest BCUT2D eigenvalue weighted by atomic mass is 32.2. The molecule has 2 spiro atoms. The number of likely N-dealkylation sites (N-methyl/N-ethyl adjacent to an activating group) is 1. The van der Waals surface area contributed by atoms with Crippen LogP contribution in [0, 0.1) is 5.41 Å². The molecule has 2 atom stereocenters. The topological polar surface area (TPSA) is 54.5 Å². The van der Waals surface area contributed by atoms with Crippen molar-refractivity contribution in [3.63, 3.8) is 0 Å². The Hall–Kier alpha value is -2.54. The van der Waals surface area contributed by atoms with Gasteiger partial charge in [0.05, 0.1) is 5.41 Å². The van der Waals surface area contributed by atoms with E-state index in [1.807, 2.05) is 53.7 Å². The van der Waals surface area contributed by atoms with Crippen molar-refractivity contribution in [2.75, 3.05) is 19.3 Å². The molecule has 1 fully saturated rings. The van der Waals surface area contributed by atoms with Crippen LogP contribution >= 0.6 is 23.1 Å². The van der Waals surface area contributed by atoms with E-state index in [9.17, 15) is 14.4 Å². The molecule has 0 bridgehead atoms. The summed E-state index contributed by atoms with van der Waals surface area (Å²) < 4.78 is 0. The summed E-state index contributed by atoms with van der Waals surface area (Å²) in [5, 5.41) is 2.00. The van der Waals surface area contributed by atoms with Gasteiger partial charge in [0.25, 0.3) is 0 Å². The molecule has 4 nitrogen and oxygen atoms in total. The lowest BCUT2D eigenvalue weighted by Crippen LogP contribution is -2.66. The van der Waals surface area contributed by atoms with Gasteiger partial charge in [-0.2, -0.15) is 0 Å². The van der Waals surface area contributed by atoms with E-state index in [1.54, 1.807) is 47.4 Å². The third-order valence-corrected chi connectivity index (χ3v) is 9.47. The first-order valence-electron chi connectivity index (χ1n) is 10.2. The number of benzene rings is 2. The van der Waals surface area contributed by atoms with Gasteiger partial charge in [0.2, 0.25) is 0 Å². The number of fused-ring (bicyclic) bond motifs is 3. The molecule has 3 aliphatic rings. The first kappa shape index (κ1) is 19.2. The molecule has 0 N–H and O–H groups in total. The minimum absolute atomic E-state index is 0.0842. The smallest absolute Gasteiger partial charge is 0.192 e. The van der Waals surface area contributed by atoms with Crippen LogP contribution in [0.5, 0.6) is 0 Å². The monoisotopic (exact) mass is 445 g/mol. The lowest BCUT2D eigenvalue weighted by Gasteiger charge is -2.46. The summed E-state index contributed by atoms with van der Waals surface area (Å²) in [5.74, 6) is -0.376. The molecule has 1 aliphatic carbocycles. The van der Waals surface area contributed by atoms with E-state index >= 15 is 0 Å². The summed E-state index contributed by atoms with van der Waals surface area (Å²) in [6.07, 6.45) is 0. The summed E-state index contributed by atoms with van der Waals surface area (Å²) in [5.41, 5.74) is -1.18. The second-order valence-electron chi connectivity index (χ2n) is 8.45. The third-order valence-electron chi connectivity index (χ3n) is 7.22. The Balaban J connectivity index is 1.67. The molecule has 0 saturated carbocycles. The zero-order valence-electron chi connectivity index (χ0n) is 16.8. The summed E-state index contributed by atoms with van der Waals surface area (Å²) in [7, 11) is 1.83. The van der Waals surface area contributed by atoms with Crippen molar-refractivity contribution >= 4 is 40.4 Å². The number of nitrogens with zero attached hydrogens (tertiary/aromatic N) is 1. The van der Waals surface area contributed by atoms with Gasteiger partial charge >= 0.3 is 0 Å². The number of hydrogen-bond donors (Lipinski definition) is 0. The van der Waals surface area contributed by atoms with Crippen LogP contribution in [0.2, 0.25) is 0 Å². The number of carbonyl (C=O) groups is 3. The predicted octanol–water partition coefficient (Wildman–Crippen LogP) is 4.57. The maximum absolute atomic E-state index is 14.4. The van der Waals surface area contributed by atoms with E-state index in [4.69, 9.17) is 0 Å². The number of ketones is 3. The Labute approximate surface area is 188 Å². The van der Waals surface area contributed by atoms with E-state index in [1.165, 1.54) is 0 Å². The molecule has 0 radical (unpaired) electrons. The molecule has 6 heteroatoms. The van der Waals surface area contributed by atoms with Crippen molar-refractivity contribution in [3.05, 3.63) is 87.6 Å². The molecule has 2 aliphatic heterocycles. The van der Waals surface area contributed by atoms with Gasteiger partial charge in [0.1, 0.15) is 0 Å². The van der Waals surface area contributed by atoms with Gasteiger partial charge in [0, 0.05) is 44.7 Å². The lowest BCUT2D eigenvalue weighted by atomic mass is 9.59. The number of thioether (sulfide) groups is 1. The average Bonchev–Trinajstić information content (AvgIpc) is 3.46. The van der Waals surface area contributed by atoms with Crippen LogP contribution in [0.15, 0.2) is 70.9 Å². The molecular weight excluding hydrogens is 426 g/mol. The summed E-state index contributed by atoms with van der Waals surface area (Å²) in [6.45, 7) is 0.487. The molecule has 1 aromatic heterocycles. The molecule has 0 unspecified atom stereocenters. The molecule has 0 amide bonds. The van der Waals surface area contributed by atoms with Gasteiger partial charge < -0.3 is 0 Å². The average molecular weight is 446 g/mol. The van der Waals surface area contributed by atoms with Gasteiger partial charge in [-0.05, 0) is 24.6 Å². The van der Waals surface area contributed by atoms with Crippen LogP contribution in [0.25, 0.3) is 0 Å². The molecule has 2 aromatic carbocycles. The largest absolute Gasteiger partial charge is 0.293 e. The zero-order chi connectivity index (χ0) is 21.4. The SMILES string of the molecule is CN1C[C@@H](c2cccs2)[C@@]2(CSc3ccccc3C2=O)C12C(=O)c1ccccc1C2=O. The number of carbonyl (C=O) groups excluding carboxylic acids is 3. The maximum atomic E-state index is 14.4. The number of thiophene rings is 1. The molecular formula is C25H19NO3S2. The van der Waals surface area contributed by atoms with Gasteiger partial charge in [-0.3, -0.25) is 19.3 Å². The molecule has 3 heterocycles. The maximum Gasteiger partial charge on any atom is 0.192 e. The van der Waals surface area contributed by atoms with Crippen molar-refractivity contribution in [1.82, 2.24) is 4.90 Å². The fourth-order valence-corrected chi connectivity index (χ4v) is 8.24. The van der Waals surface area contributed by atoms with E-state index in [-0.39, 0.29) is 23.3 Å². The Morgan fingerprint density at radius 1 is 0.839 bits per heavy atom. The number of hydrogen-bond acceptors (Lipinski definition) is 6. The number of likely N-dealkylation sites (tertiary alicyclic amines) is 1. The Kier molecular flexibility index (Phi) is 4.01. The molecule has 1 saturated heterocycles. The van der Waals surface area contributed by atoms with Crippen LogP contribution in [-0.2, 0) is 0 Å². The first-order chi connectivity index (χ1) is 15.0. The van der Waals surface area contributed by atoms with Gasteiger partial charge in [-0.15, -0.1) is 23.1 Å².